The maximum absolute atomic E-state index is 12.4. The van der Waals surface area contributed by atoms with Crippen LogP contribution in [0.25, 0.3) is 0 Å². The van der Waals surface area contributed by atoms with Crippen molar-refractivity contribution in [1.29, 1.82) is 0 Å². The Morgan fingerprint density at radius 1 is 1.32 bits per heavy atom. The van der Waals surface area contributed by atoms with Gasteiger partial charge in [0.15, 0.2) is 5.78 Å². The SMILES string of the molecule is COCCCC(N)C(=O)c1ccc(C(F)(F)F)cc1. The second-order valence-corrected chi connectivity index (χ2v) is 4.18. The van der Waals surface area contributed by atoms with E-state index in [-0.39, 0.29) is 11.3 Å². The van der Waals surface area contributed by atoms with Crippen LogP contribution in [0.1, 0.15) is 28.8 Å². The standard InChI is InChI=1S/C13H16F3NO2/c1-19-8-2-3-11(17)12(18)9-4-6-10(7-5-9)13(14,15)16/h4-7,11H,2-3,8,17H2,1H3. The molecule has 0 aliphatic heterocycles. The first-order valence-corrected chi connectivity index (χ1v) is 5.82. The monoisotopic (exact) mass is 275 g/mol. The molecule has 0 bridgehead atoms. The Morgan fingerprint density at radius 2 is 1.89 bits per heavy atom. The maximum Gasteiger partial charge on any atom is 0.416 e. The van der Waals surface area contributed by atoms with Crippen LogP contribution in [-0.2, 0) is 10.9 Å². The lowest BCUT2D eigenvalue weighted by Gasteiger charge is -2.11. The molecule has 3 nitrogen and oxygen atoms in total. The van der Waals surface area contributed by atoms with E-state index in [4.69, 9.17) is 10.5 Å². The van der Waals surface area contributed by atoms with Gasteiger partial charge in [0.1, 0.15) is 0 Å². The number of carbonyl (C=O) groups is 1. The van der Waals surface area contributed by atoms with Crippen LogP contribution in [0.3, 0.4) is 0 Å². The smallest absolute Gasteiger partial charge is 0.385 e. The molecule has 1 aromatic rings. The molecule has 1 unspecified atom stereocenters. The highest BCUT2D eigenvalue weighted by molar-refractivity contribution is 5.99. The van der Waals surface area contributed by atoms with Crippen LogP contribution in [0, 0.1) is 0 Å². The van der Waals surface area contributed by atoms with Gasteiger partial charge in [-0.15, -0.1) is 0 Å². The lowest BCUT2D eigenvalue weighted by molar-refractivity contribution is -0.137. The summed E-state index contributed by atoms with van der Waals surface area (Å²) in [4.78, 5) is 11.9. The Labute approximate surface area is 109 Å². The number of hydrogen-bond acceptors (Lipinski definition) is 3. The third-order valence-corrected chi connectivity index (χ3v) is 2.70. The van der Waals surface area contributed by atoms with Crippen molar-refractivity contribution >= 4 is 5.78 Å². The average Bonchev–Trinajstić information content (AvgIpc) is 2.37. The van der Waals surface area contributed by atoms with Crippen molar-refractivity contribution in [3.63, 3.8) is 0 Å². The number of nitrogens with two attached hydrogens (primary N) is 1. The zero-order chi connectivity index (χ0) is 14.5. The Hall–Kier alpha value is -1.40. The summed E-state index contributed by atoms with van der Waals surface area (Å²) in [7, 11) is 1.54. The number of carbonyl (C=O) groups excluding carboxylic acids is 1. The van der Waals surface area contributed by atoms with Crippen LogP contribution in [0.5, 0.6) is 0 Å². The highest BCUT2D eigenvalue weighted by Gasteiger charge is 2.30. The third kappa shape index (κ3) is 4.65. The van der Waals surface area contributed by atoms with Gasteiger partial charge >= 0.3 is 6.18 Å². The Bertz CT molecular complexity index is 415. The highest BCUT2D eigenvalue weighted by atomic mass is 19.4. The number of hydrogen-bond donors (Lipinski definition) is 1. The van der Waals surface area contributed by atoms with Gasteiger partial charge in [0.25, 0.3) is 0 Å². The molecule has 0 heterocycles. The van der Waals surface area contributed by atoms with E-state index in [1.807, 2.05) is 0 Å². The van der Waals surface area contributed by atoms with Crippen molar-refractivity contribution < 1.29 is 22.7 Å². The molecule has 0 aliphatic carbocycles. The number of halogens is 3. The number of benzene rings is 1. The van der Waals surface area contributed by atoms with Gasteiger partial charge in [-0.3, -0.25) is 4.79 Å². The van der Waals surface area contributed by atoms with Crippen molar-refractivity contribution in [2.75, 3.05) is 13.7 Å². The first-order chi connectivity index (χ1) is 8.86. The molecular formula is C13H16F3NO2. The molecule has 2 N–H and O–H groups in total. The topological polar surface area (TPSA) is 52.3 Å². The number of ether oxygens (including phenoxy) is 1. The number of methoxy groups -OCH3 is 1. The first kappa shape index (κ1) is 15.7. The quantitative estimate of drug-likeness (QED) is 0.641. The molecule has 0 amide bonds. The minimum absolute atomic E-state index is 0.193. The molecule has 0 aliphatic rings. The molecule has 0 radical (unpaired) electrons. The minimum Gasteiger partial charge on any atom is -0.385 e. The fourth-order valence-corrected chi connectivity index (χ4v) is 1.62. The summed E-state index contributed by atoms with van der Waals surface area (Å²) in [6.07, 6.45) is -3.33. The molecule has 0 aromatic heterocycles. The van der Waals surface area contributed by atoms with E-state index in [2.05, 4.69) is 0 Å². The summed E-state index contributed by atoms with van der Waals surface area (Å²) in [6, 6.07) is 3.36. The van der Waals surface area contributed by atoms with Gasteiger partial charge in [-0.1, -0.05) is 12.1 Å². The molecule has 1 atom stereocenters. The molecule has 1 rings (SSSR count). The highest BCUT2D eigenvalue weighted by Crippen LogP contribution is 2.29. The molecule has 6 heteroatoms. The molecule has 1 aromatic carbocycles. The van der Waals surface area contributed by atoms with Gasteiger partial charge in [-0.2, -0.15) is 13.2 Å². The largest absolute Gasteiger partial charge is 0.416 e. The van der Waals surface area contributed by atoms with E-state index >= 15 is 0 Å². The predicted octanol–water partition coefficient (Wildman–Crippen LogP) is 2.64. The van der Waals surface area contributed by atoms with Crippen LogP contribution in [-0.4, -0.2) is 25.5 Å². The van der Waals surface area contributed by atoms with Crippen molar-refractivity contribution in [3.05, 3.63) is 35.4 Å². The van der Waals surface area contributed by atoms with Gasteiger partial charge in [0.05, 0.1) is 11.6 Å². The first-order valence-electron chi connectivity index (χ1n) is 5.82. The van der Waals surface area contributed by atoms with Crippen molar-refractivity contribution in [1.82, 2.24) is 0 Å². The molecule has 19 heavy (non-hydrogen) atoms. The van der Waals surface area contributed by atoms with Crippen molar-refractivity contribution in [2.45, 2.75) is 25.1 Å². The maximum atomic E-state index is 12.4. The molecule has 0 spiro atoms. The fraction of sp³-hybridized carbons (Fsp3) is 0.462. The van der Waals surface area contributed by atoms with Crippen LogP contribution >= 0.6 is 0 Å². The minimum atomic E-state index is -4.40. The summed E-state index contributed by atoms with van der Waals surface area (Å²) in [5.41, 5.74) is 5.10. The zero-order valence-corrected chi connectivity index (χ0v) is 10.5. The van der Waals surface area contributed by atoms with Crippen LogP contribution < -0.4 is 5.73 Å². The zero-order valence-electron chi connectivity index (χ0n) is 10.5. The Kier molecular flexibility index (Phi) is 5.50. The van der Waals surface area contributed by atoms with Gasteiger partial charge < -0.3 is 10.5 Å². The van der Waals surface area contributed by atoms with Gasteiger partial charge in [-0.25, -0.2) is 0 Å². The predicted molar refractivity (Wildman–Crippen MR) is 64.9 cm³/mol. The number of ketones is 1. The second-order valence-electron chi connectivity index (χ2n) is 4.18. The number of Topliss-reactive ketones (excluding diaryl/α,β-unsaturated/α-hetero) is 1. The van der Waals surface area contributed by atoms with E-state index in [0.29, 0.717) is 19.4 Å². The van der Waals surface area contributed by atoms with Crippen LogP contribution in [0.15, 0.2) is 24.3 Å². The molecule has 0 fully saturated rings. The van der Waals surface area contributed by atoms with E-state index in [1.54, 1.807) is 7.11 Å². The van der Waals surface area contributed by atoms with Crippen LogP contribution in [0.2, 0.25) is 0 Å². The van der Waals surface area contributed by atoms with Crippen LogP contribution in [0.4, 0.5) is 13.2 Å². The van der Waals surface area contributed by atoms with Gasteiger partial charge in [0.2, 0.25) is 0 Å². The number of alkyl halides is 3. The summed E-state index contributed by atoms with van der Waals surface area (Å²) < 4.78 is 41.9. The molecule has 0 saturated heterocycles. The van der Waals surface area contributed by atoms with E-state index in [0.717, 1.165) is 24.3 Å². The summed E-state index contributed by atoms with van der Waals surface area (Å²) in [5, 5.41) is 0. The summed E-state index contributed by atoms with van der Waals surface area (Å²) in [6.45, 7) is 0.494. The fourth-order valence-electron chi connectivity index (χ4n) is 1.62. The van der Waals surface area contributed by atoms with Crippen molar-refractivity contribution in [2.24, 2.45) is 5.73 Å². The Balaban J connectivity index is 2.67. The van der Waals surface area contributed by atoms with Gasteiger partial charge in [0, 0.05) is 19.3 Å². The third-order valence-electron chi connectivity index (χ3n) is 2.70. The lowest BCUT2D eigenvalue weighted by atomic mass is 10.00. The van der Waals surface area contributed by atoms with Crippen molar-refractivity contribution in [3.8, 4) is 0 Å². The van der Waals surface area contributed by atoms with E-state index < -0.39 is 17.8 Å². The van der Waals surface area contributed by atoms with E-state index in [1.165, 1.54) is 0 Å². The average molecular weight is 275 g/mol. The molecular weight excluding hydrogens is 259 g/mol. The van der Waals surface area contributed by atoms with E-state index in [9.17, 15) is 18.0 Å². The van der Waals surface area contributed by atoms with Gasteiger partial charge in [-0.05, 0) is 25.0 Å². The lowest BCUT2D eigenvalue weighted by Crippen LogP contribution is -2.30. The second kappa shape index (κ2) is 6.68. The summed E-state index contributed by atoms with van der Waals surface area (Å²) in [5.74, 6) is -0.357. The normalized spacial score (nSPS) is 13.3. The molecule has 0 saturated carbocycles. The number of rotatable bonds is 6. The Morgan fingerprint density at radius 3 is 2.37 bits per heavy atom. The summed E-state index contributed by atoms with van der Waals surface area (Å²) >= 11 is 0. The molecule has 106 valence electrons.